The predicted molar refractivity (Wildman–Crippen MR) is 64.0 cm³/mol. The predicted octanol–water partition coefficient (Wildman–Crippen LogP) is 0.997. The van der Waals surface area contributed by atoms with Gasteiger partial charge in [-0.25, -0.2) is 0 Å². The molecular formula is C12H24N2O2. The second-order valence-corrected chi connectivity index (χ2v) is 4.90. The Hall–Kier alpha value is -0.610. The zero-order valence-corrected chi connectivity index (χ0v) is 10.6. The standard InChI is InChI=1S/C12H24N2O2/c1-9-6-4-5-7-11(9)14(2)8-10(13)12(15)16-3/h9-11H,4-8,13H2,1-3H3. The summed E-state index contributed by atoms with van der Waals surface area (Å²) in [6.07, 6.45) is 5.11. The molecule has 16 heavy (non-hydrogen) atoms. The molecule has 4 heteroatoms. The van der Waals surface area contributed by atoms with E-state index in [0.29, 0.717) is 18.5 Å². The van der Waals surface area contributed by atoms with E-state index in [1.165, 1.54) is 32.8 Å². The summed E-state index contributed by atoms with van der Waals surface area (Å²) in [5, 5.41) is 0. The first-order valence-electron chi connectivity index (χ1n) is 6.10. The van der Waals surface area contributed by atoms with E-state index in [9.17, 15) is 4.79 Å². The molecule has 0 amide bonds. The molecule has 1 aliphatic rings. The highest BCUT2D eigenvalue weighted by molar-refractivity contribution is 5.75. The Kier molecular flexibility index (Phi) is 5.22. The fourth-order valence-corrected chi connectivity index (χ4v) is 2.62. The van der Waals surface area contributed by atoms with Gasteiger partial charge in [-0.15, -0.1) is 0 Å². The maximum atomic E-state index is 11.2. The lowest BCUT2D eigenvalue weighted by Gasteiger charge is -2.37. The first kappa shape index (κ1) is 13.5. The van der Waals surface area contributed by atoms with Crippen molar-refractivity contribution >= 4 is 5.97 Å². The van der Waals surface area contributed by atoms with Crippen molar-refractivity contribution in [2.45, 2.75) is 44.7 Å². The molecule has 3 unspecified atom stereocenters. The minimum absolute atomic E-state index is 0.324. The summed E-state index contributed by atoms with van der Waals surface area (Å²) >= 11 is 0. The van der Waals surface area contributed by atoms with E-state index in [4.69, 9.17) is 5.73 Å². The number of carbonyl (C=O) groups is 1. The lowest BCUT2D eigenvalue weighted by molar-refractivity contribution is -0.142. The van der Waals surface area contributed by atoms with Crippen LogP contribution in [0.1, 0.15) is 32.6 Å². The molecule has 0 aliphatic heterocycles. The first-order valence-corrected chi connectivity index (χ1v) is 6.10. The highest BCUT2D eigenvalue weighted by Gasteiger charge is 2.27. The van der Waals surface area contributed by atoms with E-state index in [1.807, 2.05) is 0 Å². The highest BCUT2D eigenvalue weighted by Crippen LogP contribution is 2.27. The zero-order valence-electron chi connectivity index (χ0n) is 10.6. The second kappa shape index (κ2) is 6.21. The summed E-state index contributed by atoms with van der Waals surface area (Å²) in [5.74, 6) is 0.374. The van der Waals surface area contributed by atoms with Gasteiger partial charge in [0.15, 0.2) is 0 Å². The molecule has 3 atom stereocenters. The largest absolute Gasteiger partial charge is 0.468 e. The number of ether oxygens (including phenoxy) is 1. The molecule has 0 saturated heterocycles. The number of hydrogen-bond acceptors (Lipinski definition) is 4. The van der Waals surface area contributed by atoms with E-state index in [-0.39, 0.29) is 5.97 Å². The van der Waals surface area contributed by atoms with Gasteiger partial charge < -0.3 is 15.4 Å². The van der Waals surface area contributed by atoms with Crippen molar-refractivity contribution < 1.29 is 9.53 Å². The number of nitrogens with two attached hydrogens (primary N) is 1. The summed E-state index contributed by atoms with van der Waals surface area (Å²) in [4.78, 5) is 13.5. The highest BCUT2D eigenvalue weighted by atomic mass is 16.5. The van der Waals surface area contributed by atoms with Gasteiger partial charge in [-0.3, -0.25) is 4.79 Å². The van der Waals surface area contributed by atoms with Crippen LogP contribution in [0.4, 0.5) is 0 Å². The minimum Gasteiger partial charge on any atom is -0.468 e. The number of hydrogen-bond donors (Lipinski definition) is 1. The number of nitrogens with zero attached hydrogens (tertiary/aromatic N) is 1. The van der Waals surface area contributed by atoms with Gasteiger partial charge in [0, 0.05) is 12.6 Å². The van der Waals surface area contributed by atoms with Crippen LogP contribution in [-0.4, -0.2) is 43.7 Å². The molecule has 2 N–H and O–H groups in total. The summed E-state index contributed by atoms with van der Waals surface area (Å²) < 4.78 is 4.64. The van der Waals surface area contributed by atoms with Gasteiger partial charge in [-0.1, -0.05) is 19.8 Å². The van der Waals surface area contributed by atoms with Crippen molar-refractivity contribution in [3.8, 4) is 0 Å². The smallest absolute Gasteiger partial charge is 0.323 e. The Morgan fingerprint density at radius 1 is 1.50 bits per heavy atom. The molecule has 1 rings (SSSR count). The van der Waals surface area contributed by atoms with Gasteiger partial charge in [-0.2, -0.15) is 0 Å². The molecule has 0 aromatic heterocycles. The van der Waals surface area contributed by atoms with E-state index in [2.05, 4.69) is 23.6 Å². The van der Waals surface area contributed by atoms with Crippen LogP contribution in [0.2, 0.25) is 0 Å². The summed E-state index contributed by atoms with van der Waals surface area (Å²) in [6.45, 7) is 2.87. The van der Waals surface area contributed by atoms with E-state index in [0.717, 1.165) is 0 Å². The van der Waals surface area contributed by atoms with Gasteiger partial charge in [0.05, 0.1) is 7.11 Å². The van der Waals surface area contributed by atoms with Crippen LogP contribution in [0.5, 0.6) is 0 Å². The van der Waals surface area contributed by atoms with E-state index < -0.39 is 6.04 Å². The van der Waals surface area contributed by atoms with Crippen molar-refractivity contribution in [2.24, 2.45) is 11.7 Å². The molecule has 0 spiro atoms. The van der Waals surface area contributed by atoms with Crippen molar-refractivity contribution in [1.82, 2.24) is 4.90 Å². The molecule has 94 valence electrons. The van der Waals surface area contributed by atoms with Crippen LogP contribution in [0.3, 0.4) is 0 Å². The third kappa shape index (κ3) is 3.46. The molecule has 1 aliphatic carbocycles. The van der Waals surface area contributed by atoms with Crippen LogP contribution in [0, 0.1) is 5.92 Å². The number of carbonyl (C=O) groups excluding carboxylic acids is 1. The van der Waals surface area contributed by atoms with E-state index in [1.54, 1.807) is 0 Å². The number of esters is 1. The van der Waals surface area contributed by atoms with Gasteiger partial charge in [0.1, 0.15) is 6.04 Å². The summed E-state index contributed by atoms with van der Waals surface area (Å²) in [6, 6.07) is 0.0357. The number of methoxy groups -OCH3 is 1. The van der Waals surface area contributed by atoms with Crippen molar-refractivity contribution in [3.05, 3.63) is 0 Å². The van der Waals surface area contributed by atoms with Crippen molar-refractivity contribution in [2.75, 3.05) is 20.7 Å². The topological polar surface area (TPSA) is 55.6 Å². The van der Waals surface area contributed by atoms with Gasteiger partial charge in [-0.05, 0) is 25.8 Å². The Morgan fingerprint density at radius 3 is 2.69 bits per heavy atom. The fraction of sp³-hybridized carbons (Fsp3) is 0.917. The SMILES string of the molecule is COC(=O)C(N)CN(C)C1CCCCC1C. The van der Waals surface area contributed by atoms with Gasteiger partial charge in [0.2, 0.25) is 0 Å². The Bertz CT molecular complexity index is 233. The third-order valence-electron chi connectivity index (χ3n) is 3.62. The Morgan fingerprint density at radius 2 is 2.12 bits per heavy atom. The molecule has 0 radical (unpaired) electrons. The molecule has 0 aromatic rings. The first-order chi connectivity index (χ1) is 7.56. The van der Waals surface area contributed by atoms with Gasteiger partial charge >= 0.3 is 5.97 Å². The molecule has 4 nitrogen and oxygen atoms in total. The van der Waals surface area contributed by atoms with Crippen LogP contribution in [-0.2, 0) is 9.53 Å². The molecule has 1 fully saturated rings. The summed E-state index contributed by atoms with van der Waals surface area (Å²) in [7, 11) is 3.43. The molecule has 1 saturated carbocycles. The van der Waals surface area contributed by atoms with Crippen molar-refractivity contribution in [1.29, 1.82) is 0 Å². The fourth-order valence-electron chi connectivity index (χ4n) is 2.62. The normalized spacial score (nSPS) is 27.8. The van der Waals surface area contributed by atoms with Gasteiger partial charge in [0.25, 0.3) is 0 Å². The number of likely N-dealkylation sites (N-methyl/N-ethyl adjacent to an activating group) is 1. The lowest BCUT2D eigenvalue weighted by atomic mass is 9.85. The maximum absolute atomic E-state index is 11.2. The average Bonchev–Trinajstić information content (AvgIpc) is 2.28. The van der Waals surface area contributed by atoms with Crippen molar-refractivity contribution in [3.63, 3.8) is 0 Å². The van der Waals surface area contributed by atoms with Crippen LogP contribution >= 0.6 is 0 Å². The van der Waals surface area contributed by atoms with E-state index >= 15 is 0 Å². The second-order valence-electron chi connectivity index (χ2n) is 4.90. The quantitative estimate of drug-likeness (QED) is 0.729. The minimum atomic E-state index is -0.524. The molecule has 0 heterocycles. The summed E-state index contributed by atoms with van der Waals surface area (Å²) in [5.41, 5.74) is 5.76. The molecule has 0 bridgehead atoms. The Labute approximate surface area is 98.1 Å². The monoisotopic (exact) mass is 228 g/mol. The number of rotatable bonds is 4. The Balaban J connectivity index is 2.44. The average molecular weight is 228 g/mol. The molecular weight excluding hydrogens is 204 g/mol. The van der Waals surface area contributed by atoms with Crippen LogP contribution in [0.25, 0.3) is 0 Å². The maximum Gasteiger partial charge on any atom is 0.323 e. The van der Waals surface area contributed by atoms with Crippen LogP contribution in [0.15, 0.2) is 0 Å². The lowest BCUT2D eigenvalue weighted by Crippen LogP contribution is -2.48. The van der Waals surface area contributed by atoms with Crippen LogP contribution < -0.4 is 5.73 Å². The zero-order chi connectivity index (χ0) is 12.1. The molecule has 0 aromatic carbocycles. The third-order valence-corrected chi connectivity index (χ3v) is 3.62.